The lowest BCUT2D eigenvalue weighted by Gasteiger charge is -2.19. The predicted octanol–water partition coefficient (Wildman–Crippen LogP) is 3.95. The van der Waals surface area contributed by atoms with E-state index in [1.54, 1.807) is 7.11 Å². The topological polar surface area (TPSA) is 21.3 Å². The Hall–Kier alpha value is -1.02. The van der Waals surface area contributed by atoms with Crippen molar-refractivity contribution in [2.75, 3.05) is 13.7 Å². The normalized spacial score (nSPS) is 27.1. The number of aryl methyl sites for hydroxylation is 2. The molecule has 1 saturated heterocycles. The second-order valence-electron chi connectivity index (χ2n) is 6.67. The number of ether oxygens (including phenoxy) is 1. The summed E-state index contributed by atoms with van der Waals surface area (Å²) in [6.45, 7) is 5.48. The quantitative estimate of drug-likeness (QED) is 0.900. The van der Waals surface area contributed by atoms with Crippen LogP contribution in [0.15, 0.2) is 12.1 Å². The van der Waals surface area contributed by atoms with Crippen molar-refractivity contribution in [3.05, 3.63) is 28.8 Å². The Morgan fingerprint density at radius 3 is 2.50 bits per heavy atom. The Kier molecular flexibility index (Phi) is 4.02. The minimum Gasteiger partial charge on any atom is -0.496 e. The molecule has 0 aromatic heterocycles. The molecule has 2 aliphatic rings. The molecule has 1 aromatic carbocycles. The van der Waals surface area contributed by atoms with Crippen LogP contribution in [-0.4, -0.2) is 19.7 Å². The first-order valence-corrected chi connectivity index (χ1v) is 8.07. The van der Waals surface area contributed by atoms with Gasteiger partial charge in [-0.25, -0.2) is 0 Å². The summed E-state index contributed by atoms with van der Waals surface area (Å²) in [6.07, 6.45) is 6.99. The number of hydrogen-bond donors (Lipinski definition) is 1. The molecule has 2 nitrogen and oxygen atoms in total. The third-order valence-electron chi connectivity index (χ3n) is 5.42. The van der Waals surface area contributed by atoms with Crippen molar-refractivity contribution >= 4 is 0 Å². The van der Waals surface area contributed by atoms with E-state index in [1.807, 2.05) is 0 Å². The zero-order chi connectivity index (χ0) is 14.1. The lowest BCUT2D eigenvalue weighted by atomic mass is 9.88. The zero-order valence-electron chi connectivity index (χ0n) is 13.0. The summed E-state index contributed by atoms with van der Waals surface area (Å²) in [6, 6.07) is 5.28. The number of rotatable bonds is 3. The molecule has 2 unspecified atom stereocenters. The average Bonchev–Trinajstić information content (AvgIpc) is 3.10. The van der Waals surface area contributed by atoms with Gasteiger partial charge in [0.2, 0.25) is 0 Å². The maximum Gasteiger partial charge on any atom is 0.122 e. The third-order valence-corrected chi connectivity index (χ3v) is 5.42. The zero-order valence-corrected chi connectivity index (χ0v) is 13.0. The lowest BCUT2D eigenvalue weighted by molar-refractivity contribution is 0.391. The van der Waals surface area contributed by atoms with E-state index in [4.69, 9.17) is 4.74 Å². The standard InChI is InChI=1S/C18H27NO/c1-12-8-16(18(20-3)9-13(12)2)15-10-17(19-11-15)14-6-4-5-7-14/h8-9,14-15,17,19H,4-7,10-11H2,1-3H3. The monoisotopic (exact) mass is 273 g/mol. The largest absolute Gasteiger partial charge is 0.496 e. The van der Waals surface area contributed by atoms with Crippen LogP contribution in [0.1, 0.15) is 54.7 Å². The lowest BCUT2D eigenvalue weighted by Crippen LogP contribution is -2.28. The van der Waals surface area contributed by atoms with Gasteiger partial charge in [-0.05, 0) is 61.8 Å². The number of methoxy groups -OCH3 is 1. The average molecular weight is 273 g/mol. The van der Waals surface area contributed by atoms with Crippen LogP contribution < -0.4 is 10.1 Å². The Morgan fingerprint density at radius 1 is 1.10 bits per heavy atom. The van der Waals surface area contributed by atoms with E-state index in [0.717, 1.165) is 24.3 Å². The predicted molar refractivity (Wildman–Crippen MR) is 83.6 cm³/mol. The summed E-state index contributed by atoms with van der Waals surface area (Å²) in [5.41, 5.74) is 4.11. The minimum absolute atomic E-state index is 0.620. The van der Waals surface area contributed by atoms with Crippen molar-refractivity contribution < 1.29 is 4.74 Å². The van der Waals surface area contributed by atoms with Crippen molar-refractivity contribution in [2.24, 2.45) is 5.92 Å². The van der Waals surface area contributed by atoms with E-state index >= 15 is 0 Å². The molecule has 20 heavy (non-hydrogen) atoms. The first kappa shape index (κ1) is 13.9. The summed E-state index contributed by atoms with van der Waals surface area (Å²) in [5, 5.41) is 3.78. The van der Waals surface area contributed by atoms with Crippen LogP contribution in [0.5, 0.6) is 5.75 Å². The molecule has 110 valence electrons. The van der Waals surface area contributed by atoms with E-state index < -0.39 is 0 Å². The maximum absolute atomic E-state index is 5.63. The first-order valence-electron chi connectivity index (χ1n) is 8.07. The molecule has 0 radical (unpaired) electrons. The molecule has 0 bridgehead atoms. The molecule has 1 aromatic rings. The maximum atomic E-state index is 5.63. The second-order valence-corrected chi connectivity index (χ2v) is 6.67. The van der Waals surface area contributed by atoms with Crippen LogP contribution >= 0.6 is 0 Å². The van der Waals surface area contributed by atoms with Crippen molar-refractivity contribution in [2.45, 2.75) is 57.9 Å². The summed E-state index contributed by atoms with van der Waals surface area (Å²) in [4.78, 5) is 0. The summed E-state index contributed by atoms with van der Waals surface area (Å²) >= 11 is 0. The van der Waals surface area contributed by atoms with Gasteiger partial charge >= 0.3 is 0 Å². The second kappa shape index (κ2) is 5.77. The Bertz CT molecular complexity index is 477. The smallest absolute Gasteiger partial charge is 0.122 e. The van der Waals surface area contributed by atoms with E-state index in [0.29, 0.717) is 5.92 Å². The van der Waals surface area contributed by atoms with Crippen LogP contribution in [0.25, 0.3) is 0 Å². The molecule has 1 aliphatic heterocycles. The number of hydrogen-bond acceptors (Lipinski definition) is 2. The molecule has 3 rings (SSSR count). The Labute approximate surface area is 122 Å². The minimum atomic E-state index is 0.620. The summed E-state index contributed by atoms with van der Waals surface area (Å²) < 4.78 is 5.63. The number of nitrogens with one attached hydrogen (secondary N) is 1. The number of benzene rings is 1. The van der Waals surface area contributed by atoms with Crippen LogP contribution in [0.4, 0.5) is 0 Å². The summed E-state index contributed by atoms with van der Waals surface area (Å²) in [5.74, 6) is 2.61. The molecule has 1 aliphatic carbocycles. The highest BCUT2D eigenvalue weighted by atomic mass is 16.5. The molecular weight excluding hydrogens is 246 g/mol. The van der Waals surface area contributed by atoms with Crippen LogP contribution in [-0.2, 0) is 0 Å². The third kappa shape index (κ3) is 2.58. The molecular formula is C18H27NO. The highest BCUT2D eigenvalue weighted by Gasteiger charge is 2.33. The van der Waals surface area contributed by atoms with E-state index in [9.17, 15) is 0 Å². The molecule has 0 spiro atoms. The van der Waals surface area contributed by atoms with Crippen molar-refractivity contribution in [1.29, 1.82) is 0 Å². The van der Waals surface area contributed by atoms with Gasteiger partial charge in [0.1, 0.15) is 5.75 Å². The SMILES string of the molecule is COc1cc(C)c(C)cc1C1CNC(C2CCCC2)C1. The fraction of sp³-hybridized carbons (Fsp3) is 0.667. The summed E-state index contributed by atoms with van der Waals surface area (Å²) in [7, 11) is 1.80. The van der Waals surface area contributed by atoms with Gasteiger partial charge in [0.05, 0.1) is 7.11 Å². The van der Waals surface area contributed by atoms with Crippen molar-refractivity contribution in [3.63, 3.8) is 0 Å². The van der Waals surface area contributed by atoms with Gasteiger partial charge in [-0.2, -0.15) is 0 Å². The molecule has 1 heterocycles. The van der Waals surface area contributed by atoms with Gasteiger partial charge in [0.25, 0.3) is 0 Å². The van der Waals surface area contributed by atoms with Gasteiger partial charge in [-0.15, -0.1) is 0 Å². The fourth-order valence-corrected chi connectivity index (χ4v) is 4.03. The molecule has 1 saturated carbocycles. The van der Waals surface area contributed by atoms with Gasteiger partial charge < -0.3 is 10.1 Å². The van der Waals surface area contributed by atoms with Gasteiger partial charge in [-0.3, -0.25) is 0 Å². The molecule has 0 amide bonds. The highest BCUT2D eigenvalue weighted by Crippen LogP contribution is 2.39. The van der Waals surface area contributed by atoms with Crippen molar-refractivity contribution in [3.8, 4) is 5.75 Å². The Balaban J connectivity index is 1.78. The van der Waals surface area contributed by atoms with Gasteiger partial charge in [0.15, 0.2) is 0 Å². The van der Waals surface area contributed by atoms with Gasteiger partial charge in [-0.1, -0.05) is 18.9 Å². The van der Waals surface area contributed by atoms with Gasteiger partial charge in [0, 0.05) is 18.5 Å². The van der Waals surface area contributed by atoms with Crippen LogP contribution in [0.2, 0.25) is 0 Å². The van der Waals surface area contributed by atoms with Crippen molar-refractivity contribution in [1.82, 2.24) is 5.32 Å². The molecule has 1 N–H and O–H groups in total. The molecule has 2 atom stereocenters. The van der Waals surface area contributed by atoms with E-state index in [1.165, 1.54) is 48.8 Å². The van der Waals surface area contributed by atoms with Crippen LogP contribution in [0, 0.1) is 19.8 Å². The molecule has 2 fully saturated rings. The molecule has 2 heteroatoms. The van der Waals surface area contributed by atoms with E-state index in [-0.39, 0.29) is 0 Å². The fourth-order valence-electron chi connectivity index (χ4n) is 4.03. The highest BCUT2D eigenvalue weighted by molar-refractivity contribution is 5.44. The van der Waals surface area contributed by atoms with E-state index in [2.05, 4.69) is 31.3 Å². The Morgan fingerprint density at radius 2 is 1.80 bits per heavy atom. The first-order chi connectivity index (χ1) is 9.69. The van der Waals surface area contributed by atoms with Crippen LogP contribution in [0.3, 0.4) is 0 Å².